The van der Waals surface area contributed by atoms with Crippen LogP contribution in [0.1, 0.15) is 32.3 Å². The van der Waals surface area contributed by atoms with Crippen LogP contribution in [0.2, 0.25) is 5.02 Å². The molecule has 0 radical (unpaired) electrons. The van der Waals surface area contributed by atoms with Gasteiger partial charge >= 0.3 is 0 Å². The lowest BCUT2D eigenvalue weighted by atomic mass is 9.87. The summed E-state index contributed by atoms with van der Waals surface area (Å²) < 4.78 is 5.72. The van der Waals surface area contributed by atoms with Gasteiger partial charge in [-0.15, -0.1) is 0 Å². The van der Waals surface area contributed by atoms with Crippen LogP contribution < -0.4 is 20.3 Å². The van der Waals surface area contributed by atoms with E-state index in [4.69, 9.17) is 21.3 Å². The van der Waals surface area contributed by atoms with Crippen molar-refractivity contribution in [3.63, 3.8) is 0 Å². The number of ether oxygens (including phenoxy) is 1. The highest BCUT2D eigenvalue weighted by molar-refractivity contribution is 6.33. The van der Waals surface area contributed by atoms with Crippen molar-refractivity contribution in [2.45, 2.75) is 38.1 Å². The fraction of sp³-hybridized carbons (Fsp3) is 0.444. The van der Waals surface area contributed by atoms with E-state index in [2.05, 4.69) is 64.4 Å². The van der Waals surface area contributed by atoms with E-state index in [0.717, 1.165) is 60.9 Å². The second-order valence-electron chi connectivity index (χ2n) is 10.4. The molecule has 36 heavy (non-hydrogen) atoms. The Kier molecular flexibility index (Phi) is 6.66. The molecule has 3 aromatic rings. The van der Waals surface area contributed by atoms with Gasteiger partial charge < -0.3 is 25.2 Å². The van der Waals surface area contributed by atoms with E-state index >= 15 is 0 Å². The maximum atomic E-state index is 6.76. The molecule has 1 fully saturated rings. The largest absolute Gasteiger partial charge is 0.494 e. The number of aromatic nitrogens is 3. The number of nitrogens with one attached hydrogen (secondary N) is 2. The summed E-state index contributed by atoms with van der Waals surface area (Å²) in [5.74, 6) is 2.12. The average molecular weight is 508 g/mol. The SMILES string of the molecule is COc1cc(N2CCC(N(C)C)CC2)c(Cl)cc1Nc1nccc(-c2cnc3c(c2)C(C)(C)CN3)n1. The van der Waals surface area contributed by atoms with Crippen LogP contribution in [0.5, 0.6) is 5.75 Å². The van der Waals surface area contributed by atoms with Crippen LogP contribution in [-0.4, -0.2) is 66.7 Å². The first-order chi connectivity index (χ1) is 17.2. The zero-order valence-corrected chi connectivity index (χ0v) is 22.4. The quantitative estimate of drug-likeness (QED) is 0.472. The van der Waals surface area contributed by atoms with Gasteiger partial charge in [-0.1, -0.05) is 25.4 Å². The number of methoxy groups -OCH3 is 1. The first-order valence-corrected chi connectivity index (χ1v) is 12.8. The topological polar surface area (TPSA) is 78.4 Å². The van der Waals surface area contributed by atoms with Crippen molar-refractivity contribution in [3.8, 4) is 17.0 Å². The monoisotopic (exact) mass is 507 g/mol. The Morgan fingerprint density at radius 1 is 1.17 bits per heavy atom. The summed E-state index contributed by atoms with van der Waals surface area (Å²) in [6, 6.07) is 8.57. The van der Waals surface area contributed by atoms with E-state index in [9.17, 15) is 0 Å². The van der Waals surface area contributed by atoms with Crippen molar-refractivity contribution in [1.82, 2.24) is 19.9 Å². The minimum atomic E-state index is 0.0278. The highest BCUT2D eigenvalue weighted by Gasteiger charge is 2.31. The number of nitrogens with zero attached hydrogens (tertiary/aromatic N) is 5. The van der Waals surface area contributed by atoms with Crippen LogP contribution in [0.15, 0.2) is 36.7 Å². The summed E-state index contributed by atoms with van der Waals surface area (Å²) in [7, 11) is 5.96. The first kappa shape index (κ1) is 24.6. The second-order valence-corrected chi connectivity index (χ2v) is 10.8. The van der Waals surface area contributed by atoms with Crippen molar-refractivity contribution in [2.24, 2.45) is 0 Å². The van der Waals surface area contributed by atoms with E-state index in [1.807, 2.05) is 24.4 Å². The van der Waals surface area contributed by atoms with E-state index in [1.54, 1.807) is 13.3 Å². The lowest BCUT2D eigenvalue weighted by Gasteiger charge is -2.37. The summed E-state index contributed by atoms with van der Waals surface area (Å²) in [6.07, 6.45) is 5.82. The first-order valence-electron chi connectivity index (χ1n) is 12.4. The standard InChI is InChI=1S/C27H34ClN7O/c1-27(2)16-31-25-19(27)12-17(15-30-25)21-6-9-29-26(32-21)33-22-13-20(28)23(14-24(22)36-5)35-10-7-18(8-11-35)34(3)4/h6,9,12-15,18H,7-8,10-11,16H2,1-5H3,(H,30,31)(H,29,32,33). The number of fused-ring (bicyclic) bond motifs is 1. The minimum absolute atomic E-state index is 0.0278. The van der Waals surface area contributed by atoms with Gasteiger partial charge in [-0.25, -0.2) is 15.0 Å². The Morgan fingerprint density at radius 3 is 2.67 bits per heavy atom. The lowest BCUT2D eigenvalue weighted by Crippen LogP contribution is -2.42. The molecule has 0 aliphatic carbocycles. The van der Waals surface area contributed by atoms with Crippen LogP contribution in [0, 0.1) is 0 Å². The highest BCUT2D eigenvalue weighted by Crippen LogP contribution is 2.39. The van der Waals surface area contributed by atoms with Gasteiger partial charge in [-0.2, -0.15) is 0 Å². The molecular weight excluding hydrogens is 474 g/mol. The van der Waals surface area contributed by atoms with Crippen molar-refractivity contribution < 1.29 is 4.74 Å². The predicted molar refractivity (Wildman–Crippen MR) is 147 cm³/mol. The number of benzene rings is 1. The van der Waals surface area contributed by atoms with Gasteiger partial charge in [0.25, 0.3) is 0 Å². The van der Waals surface area contributed by atoms with Gasteiger partial charge in [0.1, 0.15) is 11.6 Å². The Balaban J connectivity index is 1.38. The fourth-order valence-corrected chi connectivity index (χ4v) is 5.32. The average Bonchev–Trinajstić information content (AvgIpc) is 3.18. The number of anilines is 4. The molecule has 2 aromatic heterocycles. The number of piperidine rings is 1. The summed E-state index contributed by atoms with van der Waals surface area (Å²) in [5.41, 5.74) is 4.70. The van der Waals surface area contributed by atoms with Crippen molar-refractivity contribution in [2.75, 3.05) is 56.4 Å². The van der Waals surface area contributed by atoms with Gasteiger partial charge in [-0.3, -0.25) is 0 Å². The third-order valence-corrected chi connectivity index (χ3v) is 7.62. The van der Waals surface area contributed by atoms with Gasteiger partial charge in [-0.05, 0) is 45.1 Å². The van der Waals surface area contributed by atoms with Gasteiger partial charge in [0.2, 0.25) is 5.95 Å². The van der Waals surface area contributed by atoms with Crippen LogP contribution >= 0.6 is 11.6 Å². The third kappa shape index (κ3) is 4.80. The Bertz CT molecular complexity index is 1250. The van der Waals surface area contributed by atoms with E-state index < -0.39 is 0 Å². The highest BCUT2D eigenvalue weighted by atomic mass is 35.5. The van der Waals surface area contributed by atoms with Crippen molar-refractivity contribution in [3.05, 3.63) is 47.2 Å². The molecule has 8 nitrogen and oxygen atoms in total. The van der Waals surface area contributed by atoms with Gasteiger partial charge in [0.15, 0.2) is 0 Å². The molecule has 4 heterocycles. The van der Waals surface area contributed by atoms with E-state index in [0.29, 0.717) is 22.8 Å². The number of hydrogen-bond acceptors (Lipinski definition) is 8. The molecule has 0 atom stereocenters. The van der Waals surface area contributed by atoms with Crippen LogP contribution in [0.4, 0.5) is 23.1 Å². The number of halogens is 1. The molecule has 0 spiro atoms. The summed E-state index contributed by atoms with van der Waals surface area (Å²) >= 11 is 6.76. The van der Waals surface area contributed by atoms with E-state index in [1.165, 1.54) is 5.56 Å². The molecule has 1 aromatic carbocycles. The maximum Gasteiger partial charge on any atom is 0.227 e. The van der Waals surface area contributed by atoms with Crippen LogP contribution in [0.25, 0.3) is 11.3 Å². The Labute approximate surface area is 218 Å². The fourth-order valence-electron chi connectivity index (χ4n) is 5.04. The summed E-state index contributed by atoms with van der Waals surface area (Å²) in [5, 5.41) is 7.36. The molecule has 0 saturated carbocycles. The molecule has 9 heteroatoms. The number of pyridine rings is 1. The van der Waals surface area contributed by atoms with Gasteiger partial charge in [0, 0.05) is 60.7 Å². The van der Waals surface area contributed by atoms with Crippen molar-refractivity contribution in [1.29, 1.82) is 0 Å². The zero-order chi connectivity index (χ0) is 25.4. The number of rotatable bonds is 6. The second kappa shape index (κ2) is 9.75. The molecule has 2 aliphatic rings. The normalized spacial score (nSPS) is 17.1. The predicted octanol–water partition coefficient (Wildman–Crippen LogP) is 5.18. The summed E-state index contributed by atoms with van der Waals surface area (Å²) in [4.78, 5) is 18.4. The molecular formula is C27H34ClN7O. The molecule has 0 unspecified atom stereocenters. The lowest BCUT2D eigenvalue weighted by molar-refractivity contribution is 0.249. The smallest absolute Gasteiger partial charge is 0.227 e. The Morgan fingerprint density at radius 2 is 1.94 bits per heavy atom. The molecule has 1 saturated heterocycles. The zero-order valence-electron chi connectivity index (χ0n) is 21.6. The molecule has 2 N–H and O–H groups in total. The molecule has 2 aliphatic heterocycles. The molecule has 190 valence electrons. The maximum absolute atomic E-state index is 6.76. The van der Waals surface area contributed by atoms with Crippen molar-refractivity contribution >= 4 is 34.7 Å². The van der Waals surface area contributed by atoms with Crippen LogP contribution in [-0.2, 0) is 5.41 Å². The third-order valence-electron chi connectivity index (χ3n) is 7.32. The molecule has 5 rings (SSSR count). The van der Waals surface area contributed by atoms with Crippen LogP contribution in [0.3, 0.4) is 0 Å². The Hall–Kier alpha value is -3.10. The van der Waals surface area contributed by atoms with E-state index in [-0.39, 0.29) is 5.41 Å². The number of hydrogen-bond donors (Lipinski definition) is 2. The van der Waals surface area contributed by atoms with Gasteiger partial charge in [0.05, 0.1) is 29.2 Å². The molecule has 0 bridgehead atoms. The summed E-state index contributed by atoms with van der Waals surface area (Å²) in [6.45, 7) is 7.23. The minimum Gasteiger partial charge on any atom is -0.494 e. The molecule has 0 amide bonds.